The van der Waals surface area contributed by atoms with E-state index in [1.165, 1.54) is 77.9 Å². The summed E-state index contributed by atoms with van der Waals surface area (Å²) in [7, 11) is 0. The second-order valence-electron chi connectivity index (χ2n) is 19.8. The Hall–Kier alpha value is -6.32. The number of hydrogen-bond donors (Lipinski definition) is 1. The smallest absolute Gasteiger partial charge is 0.169 e. The SMILES string of the molecule is CC(C)(C)c1ccc2c(c1)C1(c3ccccc3-c3ccc(C4=NC(c5ccccc5)N=C(c5cccc6c5-c5ccccc5C6(C)C)N4)cc31)c1cc(C(C)(C)C)ccc1-2. The fraction of sp³-hybridized carbons (Fsp3) is 0.228. The van der Waals surface area contributed by atoms with E-state index < -0.39 is 11.6 Å². The number of rotatable bonds is 3. The van der Waals surface area contributed by atoms with Gasteiger partial charge in [0, 0.05) is 16.5 Å². The number of nitrogens with one attached hydrogen (secondary N) is 1. The standard InChI is InChI=1S/C57H51N3/c1-54(2,3)36-26-29-40-41-30-27-37(55(4,5)6)33-49(41)57(48(40)32-36)45-23-15-12-19-38(45)39-28-25-35(31-47(39)57)52-58-51(34-17-10-9-11-18-34)59-53(60-52)43-21-16-24-46-50(43)42-20-13-14-22-44(42)56(46,7)8/h9-33,51H,1-8H3,(H,58,59,60). The molecule has 7 aromatic rings. The van der Waals surface area contributed by atoms with E-state index in [2.05, 4.69) is 212 Å². The van der Waals surface area contributed by atoms with Gasteiger partial charge in [0.25, 0.3) is 0 Å². The van der Waals surface area contributed by atoms with Gasteiger partial charge in [-0.1, -0.05) is 201 Å². The minimum absolute atomic E-state index is 0.0133. The molecule has 3 heteroatoms. The minimum atomic E-state index is -0.504. The molecule has 0 saturated carbocycles. The largest absolute Gasteiger partial charge is 0.324 e. The van der Waals surface area contributed by atoms with Gasteiger partial charge in [-0.2, -0.15) is 0 Å². The van der Waals surface area contributed by atoms with Crippen molar-refractivity contribution in [3.63, 3.8) is 0 Å². The van der Waals surface area contributed by atoms with Crippen molar-refractivity contribution in [3.05, 3.63) is 213 Å². The van der Waals surface area contributed by atoms with Gasteiger partial charge in [0.05, 0.1) is 5.41 Å². The Morgan fingerprint density at radius 1 is 0.433 bits per heavy atom. The number of benzene rings is 7. The van der Waals surface area contributed by atoms with Gasteiger partial charge >= 0.3 is 0 Å². The highest BCUT2D eigenvalue weighted by Crippen LogP contribution is 2.63. The normalized spacial score (nSPS) is 17.4. The van der Waals surface area contributed by atoms with Crippen LogP contribution in [0, 0.1) is 0 Å². The zero-order valence-electron chi connectivity index (χ0n) is 35.9. The van der Waals surface area contributed by atoms with Crippen LogP contribution in [0.1, 0.15) is 123 Å². The maximum absolute atomic E-state index is 5.45. The topological polar surface area (TPSA) is 36.8 Å². The minimum Gasteiger partial charge on any atom is -0.324 e. The van der Waals surface area contributed by atoms with Crippen molar-refractivity contribution < 1.29 is 0 Å². The number of hydrogen-bond acceptors (Lipinski definition) is 3. The lowest BCUT2D eigenvalue weighted by atomic mass is 9.68. The van der Waals surface area contributed by atoms with Crippen LogP contribution in [0.3, 0.4) is 0 Å². The summed E-state index contributed by atoms with van der Waals surface area (Å²) in [6, 6.07) is 56.8. The van der Waals surface area contributed by atoms with Crippen LogP contribution in [-0.4, -0.2) is 11.7 Å². The molecule has 1 heterocycles. The lowest BCUT2D eigenvalue weighted by molar-refractivity contribution is 0.586. The Bertz CT molecular complexity index is 2940. The number of aliphatic imine (C=N–C) groups is 2. The van der Waals surface area contributed by atoms with Gasteiger partial charge < -0.3 is 5.32 Å². The molecule has 60 heavy (non-hydrogen) atoms. The molecule has 11 rings (SSSR count). The summed E-state index contributed by atoms with van der Waals surface area (Å²) in [5.74, 6) is 1.68. The second kappa shape index (κ2) is 12.6. The van der Waals surface area contributed by atoms with E-state index in [1.807, 2.05) is 0 Å². The van der Waals surface area contributed by atoms with Crippen molar-refractivity contribution in [2.45, 2.75) is 83.2 Å². The summed E-state index contributed by atoms with van der Waals surface area (Å²) in [6.07, 6.45) is -0.408. The molecule has 3 nitrogen and oxygen atoms in total. The molecule has 0 radical (unpaired) electrons. The van der Waals surface area contributed by atoms with Crippen LogP contribution in [-0.2, 0) is 21.7 Å². The fourth-order valence-electron chi connectivity index (χ4n) is 10.7. The average Bonchev–Trinajstić information content (AvgIpc) is 3.81. The van der Waals surface area contributed by atoms with Crippen LogP contribution in [0.15, 0.2) is 162 Å². The lowest BCUT2D eigenvalue weighted by Crippen LogP contribution is -2.36. The molecule has 1 atom stereocenters. The number of nitrogens with zero attached hydrogens (tertiary/aromatic N) is 2. The molecule has 0 saturated heterocycles. The predicted molar refractivity (Wildman–Crippen MR) is 250 cm³/mol. The van der Waals surface area contributed by atoms with E-state index in [4.69, 9.17) is 9.98 Å². The van der Waals surface area contributed by atoms with Gasteiger partial charge in [0.1, 0.15) is 11.7 Å². The van der Waals surface area contributed by atoms with Gasteiger partial charge in [-0.25, -0.2) is 9.98 Å². The van der Waals surface area contributed by atoms with Crippen molar-refractivity contribution in [1.29, 1.82) is 0 Å². The third-order valence-electron chi connectivity index (χ3n) is 13.9. The lowest BCUT2D eigenvalue weighted by Gasteiger charge is -2.33. The van der Waals surface area contributed by atoms with Gasteiger partial charge in [0.2, 0.25) is 0 Å². The zero-order valence-corrected chi connectivity index (χ0v) is 35.9. The average molecular weight is 778 g/mol. The van der Waals surface area contributed by atoms with Crippen molar-refractivity contribution in [2.75, 3.05) is 0 Å². The zero-order chi connectivity index (χ0) is 41.3. The Kier molecular flexibility index (Phi) is 7.71. The summed E-state index contributed by atoms with van der Waals surface area (Å²) >= 11 is 0. The number of fused-ring (bicyclic) bond motifs is 13. The van der Waals surface area contributed by atoms with Crippen molar-refractivity contribution in [3.8, 4) is 33.4 Å². The summed E-state index contributed by atoms with van der Waals surface area (Å²) in [4.78, 5) is 10.9. The summed E-state index contributed by atoms with van der Waals surface area (Å²) < 4.78 is 0. The van der Waals surface area contributed by atoms with E-state index in [-0.39, 0.29) is 16.2 Å². The van der Waals surface area contributed by atoms with E-state index in [9.17, 15) is 0 Å². The molecule has 7 aromatic carbocycles. The molecule has 1 aliphatic heterocycles. The van der Waals surface area contributed by atoms with E-state index in [0.29, 0.717) is 0 Å². The molecule has 0 amide bonds. The molecule has 4 aliphatic rings. The third kappa shape index (κ3) is 5.14. The van der Waals surface area contributed by atoms with Crippen LogP contribution in [0.5, 0.6) is 0 Å². The summed E-state index contributed by atoms with van der Waals surface area (Å²) in [6.45, 7) is 18.6. The fourth-order valence-corrected chi connectivity index (χ4v) is 10.7. The summed E-state index contributed by atoms with van der Waals surface area (Å²) in [5, 5.41) is 3.86. The first kappa shape index (κ1) is 36.7. The predicted octanol–water partition coefficient (Wildman–Crippen LogP) is 13.4. The Labute approximate surface area is 355 Å². The molecule has 1 unspecified atom stereocenters. The highest BCUT2D eigenvalue weighted by Gasteiger charge is 2.52. The molecular weight excluding hydrogens is 727 g/mol. The third-order valence-corrected chi connectivity index (χ3v) is 13.9. The molecule has 294 valence electrons. The Morgan fingerprint density at radius 2 is 0.933 bits per heavy atom. The van der Waals surface area contributed by atoms with E-state index in [0.717, 1.165) is 28.4 Å². The molecule has 0 aromatic heterocycles. The molecule has 1 spiro atoms. The maximum atomic E-state index is 5.45. The highest BCUT2D eigenvalue weighted by molar-refractivity contribution is 6.19. The van der Waals surface area contributed by atoms with Crippen LogP contribution in [0.25, 0.3) is 33.4 Å². The van der Waals surface area contributed by atoms with Crippen molar-refractivity contribution in [2.24, 2.45) is 9.98 Å². The first-order chi connectivity index (χ1) is 28.8. The summed E-state index contributed by atoms with van der Waals surface area (Å²) in [5.41, 5.74) is 21.1. The first-order valence-corrected chi connectivity index (χ1v) is 21.5. The van der Waals surface area contributed by atoms with E-state index >= 15 is 0 Å². The quantitative estimate of drug-likeness (QED) is 0.191. The molecule has 3 aliphatic carbocycles. The Balaban J connectivity index is 1.14. The molecule has 0 fully saturated rings. The molecular formula is C57H51N3. The van der Waals surface area contributed by atoms with Gasteiger partial charge in [-0.3, -0.25) is 0 Å². The maximum Gasteiger partial charge on any atom is 0.169 e. The highest BCUT2D eigenvalue weighted by atomic mass is 15.2. The molecule has 1 N–H and O–H groups in total. The van der Waals surface area contributed by atoms with Crippen LogP contribution in [0.2, 0.25) is 0 Å². The van der Waals surface area contributed by atoms with Crippen LogP contribution in [0.4, 0.5) is 0 Å². The second-order valence-corrected chi connectivity index (χ2v) is 19.8. The molecule has 0 bridgehead atoms. The van der Waals surface area contributed by atoms with Crippen LogP contribution < -0.4 is 5.32 Å². The van der Waals surface area contributed by atoms with Gasteiger partial charge in [-0.05, 0) is 100 Å². The van der Waals surface area contributed by atoms with Crippen molar-refractivity contribution >= 4 is 11.7 Å². The number of amidine groups is 2. The van der Waals surface area contributed by atoms with Gasteiger partial charge in [-0.15, -0.1) is 0 Å². The van der Waals surface area contributed by atoms with E-state index in [1.54, 1.807) is 0 Å². The Morgan fingerprint density at radius 3 is 1.58 bits per heavy atom. The monoisotopic (exact) mass is 777 g/mol. The van der Waals surface area contributed by atoms with Crippen molar-refractivity contribution in [1.82, 2.24) is 5.32 Å². The van der Waals surface area contributed by atoms with Crippen LogP contribution >= 0.6 is 0 Å². The first-order valence-electron chi connectivity index (χ1n) is 21.5. The van der Waals surface area contributed by atoms with Gasteiger partial charge in [0.15, 0.2) is 6.17 Å².